The van der Waals surface area contributed by atoms with Gasteiger partial charge in [-0.3, -0.25) is 0 Å². The molecule has 0 spiro atoms. The van der Waals surface area contributed by atoms with Gasteiger partial charge in [-0.05, 0) is 17.9 Å². The lowest BCUT2D eigenvalue weighted by Gasteiger charge is -2.26. The van der Waals surface area contributed by atoms with Crippen molar-refractivity contribution in [1.29, 1.82) is 0 Å². The lowest BCUT2D eigenvalue weighted by atomic mass is 9.87. The molecule has 1 aromatic carbocycles. The molecule has 22 heavy (non-hydrogen) atoms. The molecule has 122 valence electrons. The smallest absolute Gasteiger partial charge is 0.367 e. The number of halogens is 3. The van der Waals surface area contributed by atoms with Crippen molar-refractivity contribution < 1.29 is 13.2 Å². The van der Waals surface area contributed by atoms with Gasteiger partial charge in [-0.1, -0.05) is 68.5 Å². The second kappa shape index (κ2) is 7.70. The number of benzene rings is 1. The first-order valence-electron chi connectivity index (χ1n) is 7.99. The highest BCUT2D eigenvalue weighted by Crippen LogP contribution is 2.32. The Hall–Kier alpha value is -1.45. The molecule has 4 heteroatoms. The van der Waals surface area contributed by atoms with E-state index >= 15 is 0 Å². The third-order valence-electron chi connectivity index (χ3n) is 4.33. The van der Waals surface area contributed by atoms with Gasteiger partial charge in [-0.2, -0.15) is 13.2 Å². The SMILES string of the molecule is CN(Cc1ccccc1)/C(=C/CC1CCCCC1)C(F)(F)F. The van der Waals surface area contributed by atoms with Gasteiger partial charge in [0.1, 0.15) is 5.70 Å². The van der Waals surface area contributed by atoms with Gasteiger partial charge in [0.25, 0.3) is 0 Å². The molecule has 0 amide bonds. The topological polar surface area (TPSA) is 3.24 Å². The van der Waals surface area contributed by atoms with Crippen LogP contribution < -0.4 is 0 Å². The van der Waals surface area contributed by atoms with E-state index in [0.717, 1.165) is 31.2 Å². The van der Waals surface area contributed by atoms with Crippen molar-refractivity contribution in [2.75, 3.05) is 7.05 Å². The van der Waals surface area contributed by atoms with Crippen LogP contribution in [0.3, 0.4) is 0 Å². The van der Waals surface area contributed by atoms with Crippen LogP contribution in [0.2, 0.25) is 0 Å². The van der Waals surface area contributed by atoms with E-state index in [2.05, 4.69) is 0 Å². The molecular formula is C18H24F3N. The Balaban J connectivity index is 2.04. The highest BCUT2D eigenvalue weighted by Gasteiger charge is 2.36. The van der Waals surface area contributed by atoms with E-state index in [0.29, 0.717) is 12.3 Å². The summed E-state index contributed by atoms with van der Waals surface area (Å²) in [7, 11) is 1.52. The number of rotatable bonds is 5. The first-order chi connectivity index (χ1) is 10.5. The van der Waals surface area contributed by atoms with Gasteiger partial charge in [0.05, 0.1) is 0 Å². The minimum atomic E-state index is -4.29. The standard InChI is InChI=1S/C18H24F3N/c1-22(14-16-10-6-3-7-11-16)17(18(19,20)21)13-12-15-8-4-2-5-9-15/h3,6-7,10-11,13,15H,2,4-5,8-9,12,14H2,1H3/b17-13+. The molecule has 0 bridgehead atoms. The first kappa shape index (κ1) is 16.9. The summed E-state index contributed by atoms with van der Waals surface area (Å²) in [6.07, 6.45) is 3.29. The van der Waals surface area contributed by atoms with E-state index in [1.54, 1.807) is 0 Å². The Labute approximate surface area is 130 Å². The Morgan fingerprint density at radius 1 is 1.14 bits per heavy atom. The lowest BCUT2D eigenvalue weighted by Crippen LogP contribution is -2.28. The highest BCUT2D eigenvalue weighted by atomic mass is 19.4. The van der Waals surface area contributed by atoms with Crippen LogP contribution in [0.5, 0.6) is 0 Å². The van der Waals surface area contributed by atoms with Gasteiger partial charge in [0, 0.05) is 13.6 Å². The average Bonchev–Trinajstić information content (AvgIpc) is 2.48. The molecule has 1 nitrogen and oxygen atoms in total. The molecule has 1 aliphatic rings. The van der Waals surface area contributed by atoms with E-state index in [4.69, 9.17) is 0 Å². The van der Waals surface area contributed by atoms with Crippen molar-refractivity contribution in [3.8, 4) is 0 Å². The first-order valence-corrected chi connectivity index (χ1v) is 7.99. The Kier molecular flexibility index (Phi) is 5.92. The number of alkyl halides is 3. The quantitative estimate of drug-likeness (QED) is 0.690. The van der Waals surface area contributed by atoms with Crippen LogP contribution >= 0.6 is 0 Å². The van der Waals surface area contributed by atoms with Gasteiger partial charge in [-0.25, -0.2) is 0 Å². The van der Waals surface area contributed by atoms with Crippen LogP contribution in [0.1, 0.15) is 44.1 Å². The fraction of sp³-hybridized carbons (Fsp3) is 0.556. The van der Waals surface area contributed by atoms with E-state index < -0.39 is 11.9 Å². The second-order valence-corrected chi connectivity index (χ2v) is 6.17. The monoisotopic (exact) mass is 311 g/mol. The number of nitrogens with zero attached hydrogens (tertiary/aromatic N) is 1. The number of hydrogen-bond donors (Lipinski definition) is 0. The molecule has 1 aliphatic carbocycles. The van der Waals surface area contributed by atoms with Crippen LogP contribution in [-0.2, 0) is 6.54 Å². The van der Waals surface area contributed by atoms with E-state index in [1.165, 1.54) is 24.4 Å². The highest BCUT2D eigenvalue weighted by molar-refractivity contribution is 5.17. The van der Waals surface area contributed by atoms with Gasteiger partial charge < -0.3 is 4.90 Å². The molecule has 0 aromatic heterocycles. The molecule has 0 aliphatic heterocycles. The normalized spacial score (nSPS) is 17.5. The van der Waals surface area contributed by atoms with Crippen molar-refractivity contribution in [1.82, 2.24) is 4.90 Å². The molecule has 0 atom stereocenters. The average molecular weight is 311 g/mol. The summed E-state index contributed by atoms with van der Waals surface area (Å²) in [6.45, 7) is 0.275. The van der Waals surface area contributed by atoms with Crippen molar-refractivity contribution in [3.63, 3.8) is 0 Å². The maximum Gasteiger partial charge on any atom is 0.430 e. The summed E-state index contributed by atoms with van der Waals surface area (Å²) in [5.41, 5.74) is 0.375. The molecule has 0 radical (unpaired) electrons. The molecule has 0 unspecified atom stereocenters. The fourth-order valence-corrected chi connectivity index (χ4v) is 3.13. The van der Waals surface area contributed by atoms with Crippen LogP contribution in [0.15, 0.2) is 42.1 Å². The van der Waals surface area contributed by atoms with E-state index in [-0.39, 0.29) is 6.54 Å². The summed E-state index contributed by atoms with van der Waals surface area (Å²) in [5, 5.41) is 0. The summed E-state index contributed by atoms with van der Waals surface area (Å²) >= 11 is 0. The van der Waals surface area contributed by atoms with Crippen molar-refractivity contribution in [2.24, 2.45) is 5.92 Å². The number of hydrogen-bond acceptors (Lipinski definition) is 1. The minimum Gasteiger partial charge on any atom is -0.367 e. The molecule has 0 saturated heterocycles. The molecular weight excluding hydrogens is 287 g/mol. The predicted octanol–water partition coefficient (Wildman–Crippen LogP) is 5.54. The molecule has 1 aromatic rings. The largest absolute Gasteiger partial charge is 0.430 e. The molecule has 0 heterocycles. The van der Waals surface area contributed by atoms with Crippen LogP contribution in [-0.4, -0.2) is 18.1 Å². The Morgan fingerprint density at radius 2 is 1.77 bits per heavy atom. The summed E-state index contributed by atoms with van der Waals surface area (Å²) in [6, 6.07) is 9.27. The van der Waals surface area contributed by atoms with Crippen LogP contribution in [0.4, 0.5) is 13.2 Å². The van der Waals surface area contributed by atoms with Crippen LogP contribution in [0, 0.1) is 5.92 Å². The molecule has 0 N–H and O–H groups in total. The predicted molar refractivity (Wildman–Crippen MR) is 83.2 cm³/mol. The summed E-state index contributed by atoms with van der Waals surface area (Å²) in [4.78, 5) is 1.32. The molecule has 1 saturated carbocycles. The third kappa shape index (κ3) is 5.08. The van der Waals surface area contributed by atoms with Crippen molar-refractivity contribution in [2.45, 2.75) is 51.2 Å². The third-order valence-corrected chi connectivity index (χ3v) is 4.33. The van der Waals surface area contributed by atoms with Gasteiger partial charge in [0.2, 0.25) is 0 Å². The molecule has 1 fully saturated rings. The Bertz CT molecular complexity index is 473. The lowest BCUT2D eigenvalue weighted by molar-refractivity contribution is -0.110. The zero-order valence-electron chi connectivity index (χ0n) is 13.1. The van der Waals surface area contributed by atoms with Gasteiger partial charge in [-0.15, -0.1) is 0 Å². The van der Waals surface area contributed by atoms with E-state index in [1.807, 2.05) is 30.3 Å². The van der Waals surface area contributed by atoms with Crippen molar-refractivity contribution in [3.05, 3.63) is 47.7 Å². The maximum absolute atomic E-state index is 13.3. The second-order valence-electron chi connectivity index (χ2n) is 6.17. The zero-order valence-corrected chi connectivity index (χ0v) is 13.1. The Morgan fingerprint density at radius 3 is 2.36 bits per heavy atom. The number of allylic oxidation sites excluding steroid dienone is 2. The van der Waals surface area contributed by atoms with Gasteiger partial charge >= 0.3 is 6.18 Å². The van der Waals surface area contributed by atoms with Gasteiger partial charge in [0.15, 0.2) is 0 Å². The maximum atomic E-state index is 13.3. The summed E-state index contributed by atoms with van der Waals surface area (Å²) < 4.78 is 40.0. The van der Waals surface area contributed by atoms with Crippen molar-refractivity contribution >= 4 is 0 Å². The summed E-state index contributed by atoms with van der Waals surface area (Å²) in [5.74, 6) is 0.413. The minimum absolute atomic E-state index is 0.275. The zero-order chi connectivity index (χ0) is 16.0. The van der Waals surface area contributed by atoms with E-state index in [9.17, 15) is 13.2 Å². The molecule has 2 rings (SSSR count). The van der Waals surface area contributed by atoms with Crippen LogP contribution in [0.25, 0.3) is 0 Å². The fourth-order valence-electron chi connectivity index (χ4n) is 3.13.